The largest absolute Gasteiger partial charge is 0.381 e. The van der Waals surface area contributed by atoms with Crippen LogP contribution in [0.5, 0.6) is 0 Å². The van der Waals surface area contributed by atoms with Crippen molar-refractivity contribution in [3.8, 4) is 0 Å². The second kappa shape index (κ2) is 4.74. The highest BCUT2D eigenvalue weighted by molar-refractivity contribution is 5.42. The highest BCUT2D eigenvalue weighted by Gasteiger charge is 2.15. The van der Waals surface area contributed by atoms with Crippen LogP contribution in [0.25, 0.3) is 0 Å². The van der Waals surface area contributed by atoms with Gasteiger partial charge in [-0.25, -0.2) is 4.39 Å². The van der Waals surface area contributed by atoms with Crippen molar-refractivity contribution in [2.75, 3.05) is 14.1 Å². The minimum absolute atomic E-state index is 0.0793. The van der Waals surface area contributed by atoms with Gasteiger partial charge in [0.2, 0.25) is 0 Å². The fourth-order valence-corrected chi connectivity index (χ4v) is 1.25. The zero-order chi connectivity index (χ0) is 12.3. The van der Waals surface area contributed by atoms with E-state index in [2.05, 4.69) is 6.58 Å². The maximum Gasteiger partial charge on any atom is 0.273 e. The Kier molecular flexibility index (Phi) is 3.60. The molecule has 1 aromatic rings. The summed E-state index contributed by atoms with van der Waals surface area (Å²) in [5.74, 6) is -0.479. The molecule has 0 fully saturated rings. The van der Waals surface area contributed by atoms with Gasteiger partial charge in [0.1, 0.15) is 5.82 Å². The zero-order valence-corrected chi connectivity index (χ0v) is 9.24. The van der Waals surface area contributed by atoms with E-state index < -0.39 is 10.7 Å². The number of hydrogen-bond donors (Lipinski definition) is 0. The summed E-state index contributed by atoms with van der Waals surface area (Å²) in [4.78, 5) is 12.0. The van der Waals surface area contributed by atoms with E-state index in [0.29, 0.717) is 11.3 Å². The zero-order valence-electron chi connectivity index (χ0n) is 9.24. The minimum Gasteiger partial charge on any atom is -0.381 e. The maximum atomic E-state index is 13.0. The molecule has 0 unspecified atom stereocenters. The predicted octanol–water partition coefficient (Wildman–Crippen LogP) is 2.35. The van der Waals surface area contributed by atoms with E-state index in [9.17, 15) is 14.5 Å². The van der Waals surface area contributed by atoms with E-state index in [1.807, 2.05) is 0 Å². The van der Waals surface area contributed by atoms with Gasteiger partial charge in [-0.2, -0.15) is 0 Å². The smallest absolute Gasteiger partial charge is 0.273 e. The molecule has 0 spiro atoms. The van der Waals surface area contributed by atoms with Gasteiger partial charge in [0, 0.05) is 37.8 Å². The quantitative estimate of drug-likeness (QED) is 0.582. The molecule has 0 atom stereocenters. The number of benzene rings is 1. The van der Waals surface area contributed by atoms with Crippen molar-refractivity contribution in [1.82, 2.24) is 4.90 Å². The summed E-state index contributed by atoms with van der Waals surface area (Å²) in [5, 5.41) is 10.7. The van der Waals surface area contributed by atoms with Gasteiger partial charge in [-0.1, -0.05) is 6.58 Å². The third kappa shape index (κ3) is 2.79. The summed E-state index contributed by atoms with van der Waals surface area (Å²) in [6.07, 6.45) is 0.265. The van der Waals surface area contributed by atoms with Crippen LogP contribution in [0.4, 0.5) is 10.1 Å². The lowest BCUT2D eigenvalue weighted by Crippen LogP contribution is -2.12. The van der Waals surface area contributed by atoms with E-state index in [4.69, 9.17) is 0 Å². The molecule has 0 amide bonds. The molecule has 0 aromatic heterocycles. The topological polar surface area (TPSA) is 46.4 Å². The van der Waals surface area contributed by atoms with Crippen LogP contribution in [0, 0.1) is 15.9 Å². The highest BCUT2D eigenvalue weighted by atomic mass is 19.1. The lowest BCUT2D eigenvalue weighted by Gasteiger charge is -2.15. The van der Waals surface area contributed by atoms with Gasteiger partial charge in [-0.15, -0.1) is 0 Å². The first kappa shape index (κ1) is 12.2. The number of allylic oxidation sites excluding steroid dienone is 1. The Morgan fingerprint density at radius 1 is 1.56 bits per heavy atom. The van der Waals surface area contributed by atoms with E-state index in [-0.39, 0.29) is 12.1 Å². The summed E-state index contributed by atoms with van der Waals surface area (Å²) >= 11 is 0. The van der Waals surface area contributed by atoms with Gasteiger partial charge in [0.05, 0.1) is 4.92 Å². The number of hydrogen-bond acceptors (Lipinski definition) is 3. The van der Waals surface area contributed by atoms with Gasteiger partial charge >= 0.3 is 0 Å². The molecule has 0 aliphatic rings. The van der Waals surface area contributed by atoms with Crippen LogP contribution in [0.15, 0.2) is 30.5 Å². The van der Waals surface area contributed by atoms with Crippen LogP contribution in [-0.4, -0.2) is 23.9 Å². The van der Waals surface area contributed by atoms with E-state index in [0.717, 1.165) is 6.07 Å². The number of nitro benzene ring substituents is 1. The molecule has 86 valence electrons. The van der Waals surface area contributed by atoms with Gasteiger partial charge in [0.25, 0.3) is 5.69 Å². The number of likely N-dealkylation sites (N-methyl/N-ethyl adjacent to an activating group) is 1. The van der Waals surface area contributed by atoms with Crippen molar-refractivity contribution >= 4 is 5.69 Å². The molecule has 0 heterocycles. The summed E-state index contributed by atoms with van der Waals surface area (Å²) in [7, 11) is 3.57. The Bertz CT molecular complexity index is 430. The first-order chi connectivity index (χ1) is 7.41. The number of nitro groups is 1. The summed E-state index contributed by atoms with van der Waals surface area (Å²) < 4.78 is 13.0. The van der Waals surface area contributed by atoms with Crippen LogP contribution in [0.1, 0.15) is 5.56 Å². The molecular weight excluding hydrogens is 211 g/mol. The molecule has 5 heteroatoms. The molecule has 1 aromatic carbocycles. The second-order valence-corrected chi connectivity index (χ2v) is 3.67. The molecule has 0 bridgehead atoms. The number of nitrogens with zero attached hydrogens (tertiary/aromatic N) is 2. The highest BCUT2D eigenvalue weighted by Crippen LogP contribution is 2.22. The van der Waals surface area contributed by atoms with Gasteiger partial charge in [0.15, 0.2) is 0 Å². The van der Waals surface area contributed by atoms with E-state index in [1.165, 1.54) is 12.1 Å². The molecule has 1 rings (SSSR count). The number of rotatable bonds is 4. The normalized spacial score (nSPS) is 9.94. The van der Waals surface area contributed by atoms with Crippen molar-refractivity contribution in [2.24, 2.45) is 0 Å². The lowest BCUT2D eigenvalue weighted by atomic mass is 10.1. The molecule has 0 saturated carbocycles. The Morgan fingerprint density at radius 3 is 2.69 bits per heavy atom. The first-order valence-corrected chi connectivity index (χ1v) is 4.69. The maximum absolute atomic E-state index is 13.0. The Morgan fingerprint density at radius 2 is 2.19 bits per heavy atom. The van der Waals surface area contributed by atoms with Crippen molar-refractivity contribution < 1.29 is 9.31 Å². The van der Waals surface area contributed by atoms with Crippen LogP contribution in [0.3, 0.4) is 0 Å². The molecule has 0 saturated heterocycles. The van der Waals surface area contributed by atoms with E-state index >= 15 is 0 Å². The van der Waals surface area contributed by atoms with E-state index in [1.54, 1.807) is 19.0 Å². The summed E-state index contributed by atoms with van der Waals surface area (Å²) in [5.41, 5.74) is 0.946. The fraction of sp³-hybridized carbons (Fsp3) is 0.273. The SMILES string of the molecule is C=C(Cc1cc(F)ccc1[N+](=O)[O-])N(C)C. The molecule has 0 aliphatic carbocycles. The Labute approximate surface area is 93.1 Å². The molecule has 16 heavy (non-hydrogen) atoms. The van der Waals surface area contributed by atoms with Crippen LogP contribution >= 0.6 is 0 Å². The van der Waals surface area contributed by atoms with Crippen LogP contribution < -0.4 is 0 Å². The van der Waals surface area contributed by atoms with Crippen molar-refractivity contribution in [3.05, 3.63) is 52.0 Å². The second-order valence-electron chi connectivity index (χ2n) is 3.67. The number of halogens is 1. The molecular formula is C11H13FN2O2. The molecule has 0 radical (unpaired) electrons. The van der Waals surface area contributed by atoms with Crippen LogP contribution in [-0.2, 0) is 6.42 Å². The third-order valence-electron chi connectivity index (χ3n) is 2.27. The van der Waals surface area contributed by atoms with Crippen molar-refractivity contribution in [1.29, 1.82) is 0 Å². The Hall–Kier alpha value is -1.91. The third-order valence-corrected chi connectivity index (χ3v) is 2.27. The van der Waals surface area contributed by atoms with Gasteiger partial charge in [-0.05, 0) is 12.1 Å². The van der Waals surface area contributed by atoms with Crippen molar-refractivity contribution in [3.63, 3.8) is 0 Å². The van der Waals surface area contributed by atoms with Gasteiger partial charge in [-0.3, -0.25) is 10.1 Å². The monoisotopic (exact) mass is 224 g/mol. The lowest BCUT2D eigenvalue weighted by molar-refractivity contribution is -0.385. The van der Waals surface area contributed by atoms with Crippen molar-refractivity contribution in [2.45, 2.75) is 6.42 Å². The summed E-state index contributed by atoms with van der Waals surface area (Å²) in [6.45, 7) is 3.76. The Balaban J connectivity index is 3.06. The predicted molar refractivity (Wildman–Crippen MR) is 59.6 cm³/mol. The minimum atomic E-state index is -0.516. The standard InChI is InChI=1S/C11H13FN2O2/c1-8(13(2)3)6-9-7-10(12)4-5-11(9)14(15)16/h4-5,7H,1,6H2,2-3H3. The average molecular weight is 224 g/mol. The molecule has 0 aliphatic heterocycles. The van der Waals surface area contributed by atoms with Crippen LogP contribution in [0.2, 0.25) is 0 Å². The molecule has 4 nitrogen and oxygen atoms in total. The average Bonchev–Trinajstić information content (AvgIpc) is 2.16. The fourth-order valence-electron chi connectivity index (χ4n) is 1.25. The first-order valence-electron chi connectivity index (χ1n) is 4.69. The molecule has 0 N–H and O–H groups in total. The van der Waals surface area contributed by atoms with Gasteiger partial charge < -0.3 is 4.90 Å². The summed E-state index contributed by atoms with van der Waals surface area (Å²) in [6, 6.07) is 3.43.